The minimum absolute atomic E-state index is 0.00565. The second-order valence-corrected chi connectivity index (χ2v) is 9.61. The van der Waals surface area contributed by atoms with Crippen LogP contribution in [0.1, 0.15) is 40.5 Å². The lowest BCUT2D eigenvalue weighted by molar-refractivity contribution is -0.384. The smallest absolute Gasteiger partial charge is 0.328 e. The van der Waals surface area contributed by atoms with Crippen LogP contribution in [0.4, 0.5) is 5.69 Å². The summed E-state index contributed by atoms with van der Waals surface area (Å²) in [6, 6.07) is 9.27. The average Bonchev–Trinajstić information content (AvgIpc) is 3.38. The largest absolute Gasteiger partial charge is 0.456 e. The summed E-state index contributed by atoms with van der Waals surface area (Å²) in [7, 11) is -3.60. The molecule has 0 aromatic heterocycles. The van der Waals surface area contributed by atoms with Crippen LogP contribution in [-0.2, 0) is 19.6 Å². The van der Waals surface area contributed by atoms with Crippen molar-refractivity contribution in [3.8, 4) is 0 Å². The van der Waals surface area contributed by atoms with Crippen molar-refractivity contribution < 1.29 is 32.5 Å². The van der Waals surface area contributed by atoms with Crippen LogP contribution in [-0.4, -0.2) is 61.0 Å². The van der Waals surface area contributed by atoms with Crippen molar-refractivity contribution in [1.29, 1.82) is 0 Å². The van der Waals surface area contributed by atoms with E-state index in [0.717, 1.165) is 18.9 Å². The van der Waals surface area contributed by atoms with Crippen LogP contribution in [0.2, 0.25) is 0 Å². The van der Waals surface area contributed by atoms with E-state index in [1.54, 1.807) is 0 Å². The van der Waals surface area contributed by atoms with Crippen molar-refractivity contribution >= 4 is 33.4 Å². The monoisotopic (exact) mass is 489 g/mol. The van der Waals surface area contributed by atoms with Crippen molar-refractivity contribution in [2.45, 2.75) is 30.7 Å². The fourth-order valence-corrected chi connectivity index (χ4v) is 4.85. The van der Waals surface area contributed by atoms with Crippen LogP contribution in [0, 0.1) is 10.1 Å². The van der Waals surface area contributed by atoms with Gasteiger partial charge >= 0.3 is 5.97 Å². The molecule has 1 heterocycles. The van der Waals surface area contributed by atoms with Crippen LogP contribution in [0.5, 0.6) is 0 Å². The Morgan fingerprint density at radius 3 is 2.35 bits per heavy atom. The Morgan fingerprint density at radius 1 is 1.09 bits per heavy atom. The van der Waals surface area contributed by atoms with Crippen molar-refractivity contribution in [1.82, 2.24) is 9.62 Å². The Kier molecular flexibility index (Phi) is 7.74. The number of nitrogens with zero attached hydrogens (tertiary/aromatic N) is 2. The number of nitro groups is 1. The fourth-order valence-electron chi connectivity index (χ4n) is 3.33. The number of ether oxygens (including phenoxy) is 1. The van der Waals surface area contributed by atoms with E-state index in [9.17, 15) is 32.9 Å². The SMILES string of the molecule is CC(NC(=O)c1cccc([N+](=O)[O-])c1)C(=O)OCC(=O)c1ccc(S(=O)(=O)N2CCCC2)cc1. The number of ketones is 1. The predicted molar refractivity (Wildman–Crippen MR) is 120 cm³/mol. The Hall–Kier alpha value is -3.64. The molecule has 180 valence electrons. The number of sulfonamides is 1. The van der Waals surface area contributed by atoms with Gasteiger partial charge in [-0.05, 0) is 50.1 Å². The third kappa shape index (κ3) is 5.83. The Labute approximate surface area is 195 Å². The summed E-state index contributed by atoms with van der Waals surface area (Å²) < 4.78 is 31.5. The summed E-state index contributed by atoms with van der Waals surface area (Å²) in [5.74, 6) is -2.13. The van der Waals surface area contributed by atoms with Gasteiger partial charge in [0.15, 0.2) is 12.4 Å². The van der Waals surface area contributed by atoms with Gasteiger partial charge < -0.3 is 10.1 Å². The number of benzene rings is 2. The number of Topliss-reactive ketones (excluding diaryl/α,β-unsaturated/α-hetero) is 1. The number of nitrogens with one attached hydrogen (secondary N) is 1. The van der Waals surface area contributed by atoms with E-state index in [2.05, 4.69) is 5.32 Å². The molecule has 2 aromatic rings. The first-order chi connectivity index (χ1) is 16.1. The highest BCUT2D eigenvalue weighted by molar-refractivity contribution is 7.89. The van der Waals surface area contributed by atoms with E-state index in [1.807, 2.05) is 0 Å². The number of hydrogen-bond donors (Lipinski definition) is 1. The van der Waals surface area contributed by atoms with Gasteiger partial charge in [-0.2, -0.15) is 4.31 Å². The maximum atomic E-state index is 12.6. The molecule has 34 heavy (non-hydrogen) atoms. The molecule has 1 aliphatic heterocycles. The zero-order chi connectivity index (χ0) is 24.9. The molecule has 0 saturated carbocycles. The highest BCUT2D eigenvalue weighted by Crippen LogP contribution is 2.21. The minimum atomic E-state index is -3.60. The second-order valence-electron chi connectivity index (χ2n) is 7.67. The average molecular weight is 490 g/mol. The van der Waals surface area contributed by atoms with E-state index in [-0.39, 0.29) is 21.7 Å². The number of carbonyl (C=O) groups is 3. The molecule has 1 aliphatic rings. The van der Waals surface area contributed by atoms with Gasteiger partial charge in [0, 0.05) is 36.3 Å². The number of hydrogen-bond acceptors (Lipinski definition) is 8. The van der Waals surface area contributed by atoms with E-state index in [0.29, 0.717) is 13.1 Å². The van der Waals surface area contributed by atoms with Gasteiger partial charge in [-0.25, -0.2) is 13.2 Å². The summed E-state index contributed by atoms with van der Waals surface area (Å²) in [6.45, 7) is 1.68. The third-order valence-electron chi connectivity index (χ3n) is 5.24. The summed E-state index contributed by atoms with van der Waals surface area (Å²) >= 11 is 0. The standard InChI is InChI=1S/C22H23N3O8S/c1-15(23-21(27)17-5-4-6-18(13-17)25(29)30)22(28)33-14-20(26)16-7-9-19(10-8-16)34(31,32)24-11-2-3-12-24/h4-10,13,15H,2-3,11-12,14H2,1H3,(H,23,27). The van der Waals surface area contributed by atoms with Gasteiger partial charge in [-0.3, -0.25) is 19.7 Å². The van der Waals surface area contributed by atoms with Crippen LogP contribution >= 0.6 is 0 Å². The van der Waals surface area contributed by atoms with E-state index in [1.165, 1.54) is 53.7 Å². The first-order valence-electron chi connectivity index (χ1n) is 10.4. The molecule has 1 saturated heterocycles. The van der Waals surface area contributed by atoms with Gasteiger partial charge in [-0.15, -0.1) is 0 Å². The second kappa shape index (κ2) is 10.5. The highest BCUT2D eigenvalue weighted by atomic mass is 32.2. The maximum absolute atomic E-state index is 12.6. The quantitative estimate of drug-likeness (QED) is 0.243. The number of nitro benzene ring substituents is 1. The number of non-ortho nitro benzene ring substituents is 1. The lowest BCUT2D eigenvalue weighted by atomic mass is 10.1. The van der Waals surface area contributed by atoms with Gasteiger partial charge in [0.1, 0.15) is 6.04 Å². The van der Waals surface area contributed by atoms with E-state index in [4.69, 9.17) is 4.74 Å². The van der Waals surface area contributed by atoms with Gasteiger partial charge in [0.05, 0.1) is 9.82 Å². The van der Waals surface area contributed by atoms with Crippen LogP contribution in [0.3, 0.4) is 0 Å². The first-order valence-corrected chi connectivity index (χ1v) is 11.9. The Balaban J connectivity index is 1.54. The molecule has 1 atom stereocenters. The summed E-state index contributed by atoms with van der Waals surface area (Å²) in [4.78, 5) is 47.0. The van der Waals surface area contributed by atoms with Crippen molar-refractivity contribution in [2.75, 3.05) is 19.7 Å². The van der Waals surface area contributed by atoms with Crippen LogP contribution < -0.4 is 5.32 Å². The molecule has 0 radical (unpaired) electrons. The number of rotatable bonds is 9. The van der Waals surface area contributed by atoms with Crippen molar-refractivity contribution in [3.05, 3.63) is 69.8 Å². The van der Waals surface area contributed by atoms with Crippen molar-refractivity contribution in [3.63, 3.8) is 0 Å². The molecule has 1 amide bonds. The van der Waals surface area contributed by atoms with Gasteiger partial charge in [0.2, 0.25) is 10.0 Å². The molecule has 12 heteroatoms. The van der Waals surface area contributed by atoms with Gasteiger partial charge in [-0.1, -0.05) is 6.07 Å². The zero-order valence-electron chi connectivity index (χ0n) is 18.3. The summed E-state index contributed by atoms with van der Waals surface area (Å²) in [5.41, 5.74) is -0.108. The molecular formula is C22H23N3O8S. The number of amides is 1. The Bertz CT molecular complexity index is 1200. The summed E-state index contributed by atoms with van der Waals surface area (Å²) in [6.07, 6.45) is 1.62. The van der Waals surface area contributed by atoms with Crippen LogP contribution in [0.15, 0.2) is 53.4 Å². The minimum Gasteiger partial charge on any atom is -0.456 e. The molecule has 3 rings (SSSR count). The van der Waals surface area contributed by atoms with E-state index < -0.39 is 45.3 Å². The predicted octanol–water partition coefficient (Wildman–Crippen LogP) is 1.92. The maximum Gasteiger partial charge on any atom is 0.328 e. The topological polar surface area (TPSA) is 153 Å². The van der Waals surface area contributed by atoms with Gasteiger partial charge in [0.25, 0.3) is 11.6 Å². The van der Waals surface area contributed by atoms with Crippen LogP contribution in [0.25, 0.3) is 0 Å². The molecule has 1 fully saturated rings. The molecule has 1 N–H and O–H groups in total. The normalized spacial score (nSPS) is 14.9. The molecule has 0 spiro atoms. The fraction of sp³-hybridized carbons (Fsp3) is 0.318. The highest BCUT2D eigenvalue weighted by Gasteiger charge is 2.27. The zero-order valence-corrected chi connectivity index (χ0v) is 19.1. The first kappa shape index (κ1) is 25.0. The molecule has 0 aliphatic carbocycles. The lowest BCUT2D eigenvalue weighted by Crippen LogP contribution is -2.40. The van der Waals surface area contributed by atoms with E-state index >= 15 is 0 Å². The summed E-state index contributed by atoms with van der Waals surface area (Å²) in [5, 5.41) is 13.2. The lowest BCUT2D eigenvalue weighted by Gasteiger charge is -2.15. The number of carbonyl (C=O) groups excluding carboxylic acids is 3. The molecule has 2 aromatic carbocycles. The Morgan fingerprint density at radius 2 is 1.74 bits per heavy atom. The molecule has 1 unspecified atom stereocenters. The van der Waals surface area contributed by atoms with Crippen molar-refractivity contribution in [2.24, 2.45) is 0 Å². The molecule has 11 nitrogen and oxygen atoms in total. The third-order valence-corrected chi connectivity index (χ3v) is 7.16. The molecular weight excluding hydrogens is 466 g/mol. The number of esters is 1. The molecule has 0 bridgehead atoms.